The molecule has 2 saturated carbocycles. The van der Waals surface area contributed by atoms with Crippen molar-refractivity contribution in [2.75, 3.05) is 6.54 Å². The molecule has 2 fully saturated rings. The van der Waals surface area contributed by atoms with Crippen molar-refractivity contribution < 1.29 is 0 Å². The van der Waals surface area contributed by atoms with Crippen LogP contribution in [0.4, 0.5) is 0 Å². The van der Waals surface area contributed by atoms with Gasteiger partial charge in [-0.3, -0.25) is 0 Å². The molecule has 0 radical (unpaired) electrons. The van der Waals surface area contributed by atoms with E-state index in [2.05, 4.69) is 42.0 Å². The van der Waals surface area contributed by atoms with Crippen molar-refractivity contribution in [2.24, 2.45) is 24.3 Å². The predicted molar refractivity (Wildman–Crippen MR) is 82.5 cm³/mol. The lowest BCUT2D eigenvalue weighted by atomic mass is 9.70. The summed E-state index contributed by atoms with van der Waals surface area (Å²) in [5.74, 6) is 3.21. The molecule has 3 heteroatoms. The molecule has 0 aromatic carbocycles. The first-order valence-corrected chi connectivity index (χ1v) is 8.29. The van der Waals surface area contributed by atoms with Gasteiger partial charge in [0.25, 0.3) is 0 Å². The maximum absolute atomic E-state index is 4.51. The Morgan fingerprint density at radius 1 is 1.45 bits per heavy atom. The predicted octanol–water partition coefficient (Wildman–Crippen LogP) is 3.16. The Morgan fingerprint density at radius 3 is 2.85 bits per heavy atom. The minimum Gasteiger partial charge on any atom is -0.338 e. The molecule has 0 spiro atoms. The lowest BCUT2D eigenvalue weighted by Gasteiger charge is -2.39. The Labute approximate surface area is 123 Å². The molecule has 3 unspecified atom stereocenters. The molecular weight excluding hydrogens is 246 g/mol. The van der Waals surface area contributed by atoms with Crippen LogP contribution in [0.25, 0.3) is 0 Å². The van der Waals surface area contributed by atoms with Crippen LogP contribution in [0.2, 0.25) is 0 Å². The summed E-state index contributed by atoms with van der Waals surface area (Å²) in [6.07, 6.45) is 12.3. The second kappa shape index (κ2) is 5.51. The fraction of sp³-hybridized carbons (Fsp3) is 0.824. The van der Waals surface area contributed by atoms with Crippen LogP contribution in [0.5, 0.6) is 0 Å². The fourth-order valence-corrected chi connectivity index (χ4v) is 4.57. The van der Waals surface area contributed by atoms with Crippen LogP contribution in [0.1, 0.15) is 51.8 Å². The van der Waals surface area contributed by atoms with Crippen LogP contribution in [0.15, 0.2) is 12.4 Å². The van der Waals surface area contributed by atoms with Gasteiger partial charge < -0.3 is 9.88 Å². The highest BCUT2D eigenvalue weighted by Gasteiger charge is 2.50. The van der Waals surface area contributed by atoms with E-state index in [4.69, 9.17) is 0 Å². The lowest BCUT2D eigenvalue weighted by Crippen LogP contribution is -2.41. The number of rotatable bonds is 6. The maximum atomic E-state index is 4.51. The van der Waals surface area contributed by atoms with E-state index < -0.39 is 0 Å². The molecule has 3 atom stereocenters. The van der Waals surface area contributed by atoms with Gasteiger partial charge in [-0.25, -0.2) is 4.98 Å². The van der Waals surface area contributed by atoms with Gasteiger partial charge in [0.2, 0.25) is 0 Å². The minimum absolute atomic E-state index is 0.541. The van der Waals surface area contributed by atoms with E-state index in [9.17, 15) is 0 Å². The van der Waals surface area contributed by atoms with E-state index in [1.807, 2.05) is 6.20 Å². The van der Waals surface area contributed by atoms with Gasteiger partial charge in [-0.15, -0.1) is 0 Å². The molecule has 112 valence electrons. The zero-order valence-corrected chi connectivity index (χ0v) is 13.2. The zero-order chi connectivity index (χ0) is 14.2. The second-order valence-corrected chi connectivity index (χ2v) is 7.43. The highest BCUT2D eigenvalue weighted by Crippen LogP contribution is 2.57. The smallest absolute Gasteiger partial charge is 0.108 e. The maximum Gasteiger partial charge on any atom is 0.108 e. The highest BCUT2D eigenvalue weighted by atomic mass is 15.0. The van der Waals surface area contributed by atoms with Crippen LogP contribution in [-0.4, -0.2) is 22.1 Å². The Balaban J connectivity index is 1.68. The molecule has 0 amide bonds. The van der Waals surface area contributed by atoms with Crippen LogP contribution < -0.4 is 5.32 Å². The SMILES string of the molecule is CC(C)NCC1(CCc2nccn2C)CC2CCC1C2. The van der Waals surface area contributed by atoms with Crippen molar-refractivity contribution in [3.05, 3.63) is 18.2 Å². The zero-order valence-electron chi connectivity index (χ0n) is 13.2. The van der Waals surface area contributed by atoms with E-state index in [1.54, 1.807) is 0 Å². The van der Waals surface area contributed by atoms with Crippen LogP contribution >= 0.6 is 0 Å². The van der Waals surface area contributed by atoms with E-state index in [0.717, 1.165) is 18.3 Å². The molecule has 1 N–H and O–H groups in total. The number of imidazole rings is 1. The minimum atomic E-state index is 0.541. The summed E-state index contributed by atoms with van der Waals surface area (Å²) in [6.45, 7) is 5.73. The highest BCUT2D eigenvalue weighted by molar-refractivity contribution is 5.03. The normalized spacial score (nSPS) is 32.4. The largest absolute Gasteiger partial charge is 0.338 e. The van der Waals surface area contributed by atoms with Gasteiger partial charge in [0.1, 0.15) is 5.82 Å². The number of aromatic nitrogens is 2. The summed E-state index contributed by atoms with van der Waals surface area (Å²) in [5.41, 5.74) is 0.541. The molecule has 2 bridgehead atoms. The van der Waals surface area contributed by atoms with Gasteiger partial charge in [0.05, 0.1) is 0 Å². The molecule has 20 heavy (non-hydrogen) atoms. The molecular formula is C17H29N3. The molecule has 3 nitrogen and oxygen atoms in total. The summed E-state index contributed by atoms with van der Waals surface area (Å²) in [6, 6.07) is 0.596. The van der Waals surface area contributed by atoms with E-state index in [1.165, 1.54) is 44.5 Å². The van der Waals surface area contributed by atoms with Gasteiger partial charge in [-0.2, -0.15) is 0 Å². The number of nitrogens with zero attached hydrogens (tertiary/aromatic N) is 2. The molecule has 1 aromatic rings. The summed E-state index contributed by atoms with van der Waals surface area (Å²) >= 11 is 0. The third kappa shape index (κ3) is 2.65. The topological polar surface area (TPSA) is 29.9 Å². The van der Waals surface area contributed by atoms with Crippen molar-refractivity contribution in [2.45, 2.75) is 58.4 Å². The van der Waals surface area contributed by atoms with Gasteiger partial charge in [-0.1, -0.05) is 20.3 Å². The number of fused-ring (bicyclic) bond motifs is 2. The monoisotopic (exact) mass is 275 g/mol. The van der Waals surface area contributed by atoms with Crippen molar-refractivity contribution in [3.8, 4) is 0 Å². The van der Waals surface area contributed by atoms with Gasteiger partial charge in [0.15, 0.2) is 0 Å². The summed E-state index contributed by atoms with van der Waals surface area (Å²) < 4.78 is 2.18. The Kier molecular flexibility index (Phi) is 3.89. The molecule has 0 saturated heterocycles. The van der Waals surface area contributed by atoms with Gasteiger partial charge in [-0.05, 0) is 42.9 Å². The Morgan fingerprint density at radius 2 is 2.30 bits per heavy atom. The first-order valence-electron chi connectivity index (χ1n) is 8.29. The third-order valence-electron chi connectivity index (χ3n) is 5.73. The van der Waals surface area contributed by atoms with Crippen molar-refractivity contribution >= 4 is 0 Å². The van der Waals surface area contributed by atoms with Crippen LogP contribution in [-0.2, 0) is 13.5 Å². The number of hydrogen-bond donors (Lipinski definition) is 1. The van der Waals surface area contributed by atoms with E-state index in [-0.39, 0.29) is 0 Å². The quantitative estimate of drug-likeness (QED) is 0.864. The van der Waals surface area contributed by atoms with Crippen molar-refractivity contribution in [1.82, 2.24) is 14.9 Å². The number of nitrogens with one attached hydrogen (secondary N) is 1. The van der Waals surface area contributed by atoms with Crippen LogP contribution in [0, 0.1) is 17.3 Å². The summed E-state index contributed by atoms with van der Waals surface area (Å²) in [5, 5.41) is 3.73. The van der Waals surface area contributed by atoms with E-state index >= 15 is 0 Å². The molecule has 0 aliphatic heterocycles. The molecule has 1 heterocycles. The fourth-order valence-electron chi connectivity index (χ4n) is 4.57. The standard InChI is InChI=1S/C17H29N3/c1-13(2)19-12-17(11-14-4-5-15(17)10-14)7-6-16-18-8-9-20(16)3/h8-9,13-15,19H,4-7,10-12H2,1-3H3. The first-order chi connectivity index (χ1) is 9.59. The number of hydrogen-bond acceptors (Lipinski definition) is 2. The summed E-state index contributed by atoms with van der Waals surface area (Å²) in [7, 11) is 2.11. The summed E-state index contributed by atoms with van der Waals surface area (Å²) in [4.78, 5) is 4.51. The Bertz CT molecular complexity index is 451. The molecule has 2 aliphatic carbocycles. The second-order valence-electron chi connectivity index (χ2n) is 7.43. The van der Waals surface area contributed by atoms with Crippen molar-refractivity contribution in [3.63, 3.8) is 0 Å². The van der Waals surface area contributed by atoms with E-state index in [0.29, 0.717) is 11.5 Å². The molecule has 3 rings (SSSR count). The average Bonchev–Trinajstić information content (AvgIpc) is 3.10. The third-order valence-corrected chi connectivity index (χ3v) is 5.73. The van der Waals surface area contributed by atoms with Crippen molar-refractivity contribution in [1.29, 1.82) is 0 Å². The number of aryl methyl sites for hydroxylation is 2. The molecule has 1 aromatic heterocycles. The van der Waals surface area contributed by atoms with Crippen LogP contribution in [0.3, 0.4) is 0 Å². The molecule has 2 aliphatic rings. The first kappa shape index (κ1) is 14.1. The Hall–Kier alpha value is -0.830. The average molecular weight is 275 g/mol. The van der Waals surface area contributed by atoms with Gasteiger partial charge in [0, 0.05) is 38.4 Å². The lowest BCUT2D eigenvalue weighted by molar-refractivity contribution is 0.138. The van der Waals surface area contributed by atoms with Gasteiger partial charge >= 0.3 is 0 Å².